The molecule has 0 bridgehead atoms. The van der Waals surface area contributed by atoms with Crippen molar-refractivity contribution in [3.63, 3.8) is 0 Å². The molecule has 1 atom stereocenters. The smallest absolute Gasteiger partial charge is 0.254 e. The topological polar surface area (TPSA) is 61.9 Å². The maximum atomic E-state index is 12.7. The molecule has 2 heterocycles. The third-order valence-corrected chi connectivity index (χ3v) is 4.82. The Morgan fingerprint density at radius 1 is 1.28 bits per heavy atom. The van der Waals surface area contributed by atoms with Crippen molar-refractivity contribution in [3.05, 3.63) is 53.7 Å². The van der Waals surface area contributed by atoms with Crippen LogP contribution in [0.3, 0.4) is 0 Å². The molecule has 1 amide bonds. The standard InChI is InChI=1S/C20H18N4O/c1-13(9-21)11-24-12-18-16(4-3-5-17(18)20(24)25)14-6-7-15-10-22-23(2)19(15)8-14/h3-8,10,13H,11-12H2,1-2H3. The molecule has 2 aromatic carbocycles. The van der Waals surface area contributed by atoms with Crippen LogP contribution in [-0.2, 0) is 13.6 Å². The SMILES string of the molecule is CC(C#N)CN1Cc2c(cccc2-c2ccc3cnn(C)c3c2)C1=O. The molecule has 1 aliphatic rings. The Morgan fingerprint density at radius 2 is 2.08 bits per heavy atom. The molecule has 25 heavy (non-hydrogen) atoms. The first kappa shape index (κ1) is 15.4. The van der Waals surface area contributed by atoms with E-state index in [1.807, 2.05) is 37.0 Å². The van der Waals surface area contributed by atoms with Crippen LogP contribution in [0.25, 0.3) is 22.0 Å². The van der Waals surface area contributed by atoms with Gasteiger partial charge >= 0.3 is 0 Å². The largest absolute Gasteiger partial charge is 0.333 e. The second kappa shape index (κ2) is 5.75. The van der Waals surface area contributed by atoms with Gasteiger partial charge in [-0.3, -0.25) is 9.48 Å². The van der Waals surface area contributed by atoms with Crippen LogP contribution in [0.15, 0.2) is 42.6 Å². The van der Waals surface area contributed by atoms with Gasteiger partial charge in [0.1, 0.15) is 0 Å². The molecule has 5 heteroatoms. The second-order valence-electron chi connectivity index (χ2n) is 6.59. The Hall–Kier alpha value is -3.13. The van der Waals surface area contributed by atoms with Gasteiger partial charge in [0.2, 0.25) is 0 Å². The van der Waals surface area contributed by atoms with Crippen LogP contribution in [-0.4, -0.2) is 27.1 Å². The summed E-state index contributed by atoms with van der Waals surface area (Å²) >= 11 is 0. The van der Waals surface area contributed by atoms with Crippen molar-refractivity contribution in [2.45, 2.75) is 13.5 Å². The molecule has 0 N–H and O–H groups in total. The average molecular weight is 330 g/mol. The number of hydrogen-bond acceptors (Lipinski definition) is 3. The van der Waals surface area contributed by atoms with E-state index in [1.54, 1.807) is 4.90 Å². The molecule has 1 aliphatic heterocycles. The number of carbonyl (C=O) groups excluding carboxylic acids is 1. The molecule has 0 spiro atoms. The van der Waals surface area contributed by atoms with Gasteiger partial charge in [0, 0.05) is 31.1 Å². The zero-order valence-corrected chi connectivity index (χ0v) is 14.2. The van der Waals surface area contributed by atoms with Crippen LogP contribution in [0, 0.1) is 17.2 Å². The fourth-order valence-electron chi connectivity index (χ4n) is 3.49. The summed E-state index contributed by atoms with van der Waals surface area (Å²) in [5.41, 5.74) is 5.00. The van der Waals surface area contributed by atoms with Crippen molar-refractivity contribution in [1.82, 2.24) is 14.7 Å². The van der Waals surface area contributed by atoms with Gasteiger partial charge in [-0.1, -0.05) is 24.3 Å². The zero-order chi connectivity index (χ0) is 17.6. The summed E-state index contributed by atoms with van der Waals surface area (Å²) in [6, 6.07) is 14.3. The van der Waals surface area contributed by atoms with Crippen molar-refractivity contribution in [2.75, 3.05) is 6.54 Å². The summed E-state index contributed by atoms with van der Waals surface area (Å²) in [4.78, 5) is 14.4. The van der Waals surface area contributed by atoms with E-state index in [4.69, 9.17) is 5.26 Å². The third kappa shape index (κ3) is 2.47. The lowest BCUT2D eigenvalue weighted by Crippen LogP contribution is -2.28. The minimum Gasteiger partial charge on any atom is -0.333 e. The number of aryl methyl sites for hydroxylation is 1. The minimum absolute atomic E-state index is 0.0144. The summed E-state index contributed by atoms with van der Waals surface area (Å²) in [5, 5.41) is 14.4. The number of carbonyl (C=O) groups is 1. The summed E-state index contributed by atoms with van der Waals surface area (Å²) in [6.45, 7) is 2.86. The Balaban J connectivity index is 1.77. The predicted octanol–water partition coefficient (Wildman–Crippen LogP) is 3.36. The van der Waals surface area contributed by atoms with E-state index in [2.05, 4.69) is 35.4 Å². The lowest BCUT2D eigenvalue weighted by atomic mass is 9.96. The molecule has 0 saturated heterocycles. The molecule has 1 unspecified atom stereocenters. The van der Waals surface area contributed by atoms with Gasteiger partial charge in [-0.05, 0) is 35.7 Å². The molecule has 0 fully saturated rings. The van der Waals surface area contributed by atoms with Crippen molar-refractivity contribution < 1.29 is 4.79 Å². The summed E-state index contributed by atoms with van der Waals surface area (Å²) < 4.78 is 1.86. The highest BCUT2D eigenvalue weighted by atomic mass is 16.2. The van der Waals surface area contributed by atoms with Gasteiger partial charge in [0.15, 0.2) is 0 Å². The number of benzene rings is 2. The van der Waals surface area contributed by atoms with E-state index in [-0.39, 0.29) is 11.8 Å². The van der Waals surface area contributed by atoms with Crippen LogP contribution >= 0.6 is 0 Å². The maximum Gasteiger partial charge on any atom is 0.254 e. The molecule has 0 saturated carbocycles. The molecule has 1 aromatic heterocycles. The minimum atomic E-state index is -0.174. The third-order valence-electron chi connectivity index (χ3n) is 4.82. The fraction of sp³-hybridized carbons (Fsp3) is 0.250. The molecular weight excluding hydrogens is 312 g/mol. The number of fused-ring (bicyclic) bond motifs is 2. The van der Waals surface area contributed by atoms with E-state index in [0.29, 0.717) is 13.1 Å². The van der Waals surface area contributed by atoms with Crippen molar-refractivity contribution >= 4 is 16.8 Å². The monoisotopic (exact) mass is 330 g/mol. The second-order valence-corrected chi connectivity index (χ2v) is 6.59. The average Bonchev–Trinajstić information content (AvgIpc) is 3.15. The van der Waals surface area contributed by atoms with Gasteiger partial charge in [-0.15, -0.1) is 0 Å². The first-order chi connectivity index (χ1) is 12.1. The fourth-order valence-corrected chi connectivity index (χ4v) is 3.49. The molecule has 5 nitrogen and oxygen atoms in total. The Bertz CT molecular complexity index is 1030. The number of hydrogen-bond donors (Lipinski definition) is 0. The molecule has 0 aliphatic carbocycles. The normalized spacial score (nSPS) is 14.6. The Labute approximate surface area is 146 Å². The molecule has 4 rings (SSSR count). The predicted molar refractivity (Wildman–Crippen MR) is 95.7 cm³/mol. The Morgan fingerprint density at radius 3 is 2.88 bits per heavy atom. The summed E-state index contributed by atoms with van der Waals surface area (Å²) in [6.07, 6.45) is 1.85. The van der Waals surface area contributed by atoms with E-state index < -0.39 is 0 Å². The quantitative estimate of drug-likeness (QED) is 0.740. The number of aromatic nitrogens is 2. The van der Waals surface area contributed by atoms with Gasteiger partial charge in [-0.25, -0.2) is 0 Å². The highest BCUT2D eigenvalue weighted by Crippen LogP contribution is 2.34. The van der Waals surface area contributed by atoms with Crippen molar-refractivity contribution in [3.8, 4) is 17.2 Å². The maximum absolute atomic E-state index is 12.7. The lowest BCUT2D eigenvalue weighted by Gasteiger charge is -2.16. The van der Waals surface area contributed by atoms with Crippen LogP contribution in [0.1, 0.15) is 22.8 Å². The first-order valence-electron chi connectivity index (χ1n) is 8.31. The summed E-state index contributed by atoms with van der Waals surface area (Å²) in [7, 11) is 1.93. The zero-order valence-electron chi connectivity index (χ0n) is 14.2. The van der Waals surface area contributed by atoms with Gasteiger partial charge in [0.25, 0.3) is 5.91 Å². The molecule has 3 aromatic rings. The van der Waals surface area contributed by atoms with Gasteiger partial charge < -0.3 is 4.90 Å². The highest BCUT2D eigenvalue weighted by Gasteiger charge is 2.30. The van der Waals surface area contributed by atoms with Crippen LogP contribution in [0.2, 0.25) is 0 Å². The number of nitrogens with zero attached hydrogens (tertiary/aromatic N) is 4. The molecular formula is C20H18N4O. The van der Waals surface area contributed by atoms with Crippen LogP contribution < -0.4 is 0 Å². The molecule has 124 valence electrons. The van der Waals surface area contributed by atoms with E-state index >= 15 is 0 Å². The van der Waals surface area contributed by atoms with Gasteiger partial charge in [-0.2, -0.15) is 10.4 Å². The molecule has 0 radical (unpaired) electrons. The lowest BCUT2D eigenvalue weighted by molar-refractivity contribution is 0.0767. The van der Waals surface area contributed by atoms with Crippen molar-refractivity contribution in [1.29, 1.82) is 5.26 Å². The van der Waals surface area contributed by atoms with E-state index in [9.17, 15) is 4.79 Å². The van der Waals surface area contributed by atoms with Crippen LogP contribution in [0.4, 0.5) is 0 Å². The van der Waals surface area contributed by atoms with Gasteiger partial charge in [0.05, 0.1) is 23.7 Å². The van der Waals surface area contributed by atoms with E-state index in [0.717, 1.165) is 33.2 Å². The summed E-state index contributed by atoms with van der Waals surface area (Å²) in [5.74, 6) is -0.159. The van der Waals surface area contributed by atoms with E-state index in [1.165, 1.54) is 0 Å². The highest BCUT2D eigenvalue weighted by molar-refractivity contribution is 6.01. The number of rotatable bonds is 3. The Kier molecular flexibility index (Phi) is 3.54. The van der Waals surface area contributed by atoms with Crippen molar-refractivity contribution in [2.24, 2.45) is 13.0 Å². The van der Waals surface area contributed by atoms with Crippen LogP contribution in [0.5, 0.6) is 0 Å². The number of nitriles is 1. The number of amides is 1. The first-order valence-corrected chi connectivity index (χ1v) is 8.31.